The van der Waals surface area contributed by atoms with E-state index in [-0.39, 0.29) is 45.9 Å². The fourth-order valence-electron chi connectivity index (χ4n) is 3.60. The second kappa shape index (κ2) is 14.2. The number of aromatic hydroxyl groups is 1. The van der Waals surface area contributed by atoms with Crippen LogP contribution in [-0.2, 0) is 22.7 Å². The third-order valence-corrected chi connectivity index (χ3v) is 7.24. The van der Waals surface area contributed by atoms with Gasteiger partial charge in [-0.05, 0) is 60.8 Å². The Morgan fingerprint density at radius 2 is 1.78 bits per heavy atom. The molecule has 36 heavy (non-hydrogen) atoms. The minimum atomic E-state index is -3.91. The lowest BCUT2D eigenvalue weighted by atomic mass is 10.0. The molecule has 3 aromatic rings. The summed E-state index contributed by atoms with van der Waals surface area (Å²) in [5, 5.41) is 23.6. The first kappa shape index (κ1) is 31.3. The van der Waals surface area contributed by atoms with E-state index in [0.29, 0.717) is 37.9 Å². The highest BCUT2D eigenvalue weighted by molar-refractivity contribution is 7.91. The number of aliphatic hydroxyl groups is 1. The molecule has 0 saturated heterocycles. The van der Waals surface area contributed by atoms with E-state index in [9.17, 15) is 23.4 Å². The number of benzene rings is 2. The molecule has 0 unspecified atom stereocenters. The van der Waals surface area contributed by atoms with Gasteiger partial charge in [0.15, 0.2) is 0 Å². The van der Waals surface area contributed by atoms with E-state index in [1.807, 2.05) is 13.0 Å². The summed E-state index contributed by atoms with van der Waals surface area (Å²) in [5.41, 5.74) is 7.17. The fraction of sp³-hybridized carbons (Fsp3) is 0.280. The molecule has 0 aliphatic heterocycles. The molecule has 2 aromatic carbocycles. The van der Waals surface area contributed by atoms with E-state index >= 15 is 0 Å². The molecule has 0 fully saturated rings. The van der Waals surface area contributed by atoms with E-state index in [4.69, 9.17) is 5.73 Å². The molecule has 196 valence electrons. The molecule has 1 heterocycles. The van der Waals surface area contributed by atoms with Crippen molar-refractivity contribution in [2.75, 3.05) is 13.1 Å². The molecule has 0 radical (unpaired) electrons. The molecule has 0 aliphatic carbocycles. The second-order valence-corrected chi connectivity index (χ2v) is 9.95. The van der Waals surface area contributed by atoms with Crippen molar-refractivity contribution in [1.82, 2.24) is 10.3 Å². The van der Waals surface area contributed by atoms with Crippen molar-refractivity contribution in [2.45, 2.75) is 42.1 Å². The third kappa shape index (κ3) is 7.65. The van der Waals surface area contributed by atoms with Gasteiger partial charge in [-0.1, -0.05) is 31.5 Å². The van der Waals surface area contributed by atoms with E-state index in [0.717, 1.165) is 17.2 Å². The number of sulfone groups is 1. The average molecular weight is 557 g/mol. The highest BCUT2D eigenvalue weighted by atomic mass is 35.5. The first-order valence-corrected chi connectivity index (χ1v) is 12.5. The third-order valence-electron chi connectivity index (χ3n) is 5.49. The molecule has 1 aromatic heterocycles. The number of aromatic nitrogens is 1. The van der Waals surface area contributed by atoms with Crippen molar-refractivity contribution < 1.29 is 23.4 Å². The van der Waals surface area contributed by atoms with Crippen LogP contribution in [0.4, 0.5) is 0 Å². The summed E-state index contributed by atoms with van der Waals surface area (Å²) in [4.78, 5) is 15.7. The Bertz CT molecular complexity index is 1240. The molecule has 5 N–H and O–H groups in total. The van der Waals surface area contributed by atoms with Crippen LogP contribution in [0.15, 0.2) is 70.7 Å². The van der Waals surface area contributed by atoms with E-state index in [1.165, 1.54) is 18.2 Å². The van der Waals surface area contributed by atoms with Crippen LogP contribution in [0.5, 0.6) is 5.75 Å². The SMILES string of the molecule is CCCc1cc(S(=O)(=O)c2ccc(CCNC[C@@H](O)c3cccnc3)cc2)cc(C(N)=O)c1O.Cl.Cl. The number of nitrogens with two attached hydrogens (primary N) is 1. The number of halogens is 2. The lowest BCUT2D eigenvalue weighted by Gasteiger charge is -2.13. The number of nitrogens with zero attached hydrogens (tertiary/aromatic N) is 1. The number of nitrogens with one attached hydrogen (secondary N) is 1. The van der Waals surface area contributed by atoms with Crippen LogP contribution in [0, 0.1) is 0 Å². The fourth-order valence-corrected chi connectivity index (χ4v) is 4.94. The van der Waals surface area contributed by atoms with Crippen LogP contribution in [0.1, 0.15) is 46.5 Å². The Morgan fingerprint density at radius 3 is 2.36 bits per heavy atom. The Balaban J connectivity index is 0.00000324. The molecule has 1 amide bonds. The van der Waals surface area contributed by atoms with Crippen LogP contribution in [0.3, 0.4) is 0 Å². The van der Waals surface area contributed by atoms with Crippen LogP contribution >= 0.6 is 24.8 Å². The van der Waals surface area contributed by atoms with Crippen LogP contribution in [0.2, 0.25) is 0 Å². The van der Waals surface area contributed by atoms with Gasteiger partial charge in [0.2, 0.25) is 9.84 Å². The second-order valence-electron chi connectivity index (χ2n) is 8.00. The molecule has 0 saturated carbocycles. The Morgan fingerprint density at radius 1 is 1.08 bits per heavy atom. The predicted octanol–water partition coefficient (Wildman–Crippen LogP) is 3.38. The van der Waals surface area contributed by atoms with Crippen molar-refractivity contribution >= 4 is 40.6 Å². The molecule has 8 nitrogen and oxygen atoms in total. The van der Waals surface area contributed by atoms with Gasteiger partial charge in [0.05, 0.1) is 21.5 Å². The Hall–Kier alpha value is -2.69. The number of hydrogen-bond donors (Lipinski definition) is 4. The zero-order chi connectivity index (χ0) is 24.7. The summed E-state index contributed by atoms with van der Waals surface area (Å²) < 4.78 is 26.4. The minimum absolute atomic E-state index is 0. The molecule has 0 bridgehead atoms. The Kier molecular flexibility index (Phi) is 12.3. The van der Waals surface area contributed by atoms with E-state index in [2.05, 4.69) is 10.3 Å². The molecular weight excluding hydrogens is 525 g/mol. The first-order chi connectivity index (χ1) is 16.2. The van der Waals surface area contributed by atoms with Gasteiger partial charge in [-0.3, -0.25) is 9.78 Å². The maximum atomic E-state index is 13.2. The number of aryl methyl sites for hydroxylation is 1. The quantitative estimate of drug-likeness (QED) is 0.265. The molecule has 0 spiro atoms. The summed E-state index contributed by atoms with van der Waals surface area (Å²) in [6.07, 6.45) is 4.34. The molecular formula is C25H31Cl2N3O5S. The number of primary amides is 1. The molecule has 11 heteroatoms. The number of phenols is 1. The Labute approximate surface area is 223 Å². The van der Waals surface area contributed by atoms with Crippen LogP contribution < -0.4 is 11.1 Å². The lowest BCUT2D eigenvalue weighted by molar-refractivity contribution is 0.0997. The summed E-state index contributed by atoms with van der Waals surface area (Å²) in [6.45, 7) is 2.86. The number of amides is 1. The predicted molar refractivity (Wildman–Crippen MR) is 143 cm³/mol. The first-order valence-electron chi connectivity index (χ1n) is 11.0. The number of rotatable bonds is 11. The largest absolute Gasteiger partial charge is 0.507 e. The topological polar surface area (TPSA) is 143 Å². The molecule has 3 rings (SSSR count). The van der Waals surface area contributed by atoms with E-state index in [1.54, 1.807) is 30.6 Å². The van der Waals surface area contributed by atoms with Crippen molar-refractivity contribution in [3.63, 3.8) is 0 Å². The highest BCUT2D eigenvalue weighted by Gasteiger charge is 2.23. The van der Waals surface area contributed by atoms with Gasteiger partial charge >= 0.3 is 0 Å². The van der Waals surface area contributed by atoms with Gasteiger partial charge in [-0.2, -0.15) is 0 Å². The highest BCUT2D eigenvalue weighted by Crippen LogP contribution is 2.31. The monoisotopic (exact) mass is 555 g/mol. The smallest absolute Gasteiger partial charge is 0.252 e. The average Bonchev–Trinajstić information content (AvgIpc) is 2.83. The summed E-state index contributed by atoms with van der Waals surface area (Å²) in [6, 6.07) is 12.6. The summed E-state index contributed by atoms with van der Waals surface area (Å²) in [7, 11) is -3.91. The standard InChI is InChI=1S/C25H29N3O5S.2ClH/c1-2-4-18-13-21(14-22(24(18)30)25(26)31)34(32,33)20-8-6-17(7-9-20)10-12-28-16-23(29)19-5-3-11-27-15-19;;/h3,5-9,11,13-15,23,28-30H,2,4,10,12,16H2,1H3,(H2,26,31);2*1H/t23-;;/m1../s1. The van der Waals surface area contributed by atoms with Crippen LogP contribution in [-0.4, -0.2) is 42.6 Å². The minimum Gasteiger partial charge on any atom is -0.507 e. The maximum absolute atomic E-state index is 13.2. The number of carbonyl (C=O) groups is 1. The molecule has 1 atom stereocenters. The lowest BCUT2D eigenvalue weighted by Crippen LogP contribution is -2.23. The number of pyridine rings is 1. The van der Waals surface area contributed by atoms with Gasteiger partial charge in [0.25, 0.3) is 5.91 Å². The van der Waals surface area contributed by atoms with E-state index < -0.39 is 21.8 Å². The number of hydrogen-bond acceptors (Lipinski definition) is 7. The van der Waals surface area contributed by atoms with Crippen molar-refractivity contribution in [3.05, 3.63) is 83.2 Å². The van der Waals surface area contributed by atoms with Crippen LogP contribution in [0.25, 0.3) is 0 Å². The van der Waals surface area contributed by atoms with Gasteiger partial charge in [-0.25, -0.2) is 8.42 Å². The zero-order valence-electron chi connectivity index (χ0n) is 19.8. The summed E-state index contributed by atoms with van der Waals surface area (Å²) in [5.74, 6) is -1.16. The molecule has 0 aliphatic rings. The zero-order valence-corrected chi connectivity index (χ0v) is 22.2. The van der Waals surface area contributed by atoms with Crippen molar-refractivity contribution in [3.8, 4) is 5.75 Å². The number of aliphatic hydroxyl groups excluding tert-OH is 1. The van der Waals surface area contributed by atoms with Gasteiger partial charge < -0.3 is 21.3 Å². The maximum Gasteiger partial charge on any atom is 0.252 e. The number of carbonyl (C=O) groups excluding carboxylic acids is 1. The normalized spacial score (nSPS) is 11.7. The van der Waals surface area contributed by atoms with Crippen molar-refractivity contribution in [2.24, 2.45) is 5.73 Å². The van der Waals surface area contributed by atoms with Gasteiger partial charge in [0.1, 0.15) is 5.75 Å². The summed E-state index contributed by atoms with van der Waals surface area (Å²) >= 11 is 0. The van der Waals surface area contributed by atoms with Gasteiger partial charge in [0, 0.05) is 24.5 Å². The van der Waals surface area contributed by atoms with Crippen molar-refractivity contribution in [1.29, 1.82) is 0 Å². The van der Waals surface area contributed by atoms with Gasteiger partial charge in [-0.15, -0.1) is 24.8 Å².